The quantitative estimate of drug-likeness (QED) is 0.784. The molecule has 0 spiro atoms. The molecule has 7 heteroatoms. The fraction of sp³-hybridized carbons (Fsp3) is 0.211. The first-order valence-corrected chi connectivity index (χ1v) is 8.32. The van der Waals surface area contributed by atoms with Gasteiger partial charge in [0.1, 0.15) is 11.9 Å². The molecule has 3 aromatic rings. The topological polar surface area (TPSA) is 69.0 Å². The van der Waals surface area contributed by atoms with Gasteiger partial charge in [0, 0.05) is 6.54 Å². The van der Waals surface area contributed by atoms with Crippen LogP contribution in [0.4, 0.5) is 4.39 Å². The van der Waals surface area contributed by atoms with E-state index >= 15 is 0 Å². The molecule has 2 aromatic carbocycles. The normalized spacial score (nSPS) is 16.1. The molecule has 1 aliphatic heterocycles. The van der Waals surface area contributed by atoms with E-state index in [2.05, 4.69) is 15.6 Å². The second-order valence-corrected chi connectivity index (χ2v) is 6.09. The molecule has 0 bridgehead atoms. The number of nitrogens with one attached hydrogen (secondary N) is 1. The summed E-state index contributed by atoms with van der Waals surface area (Å²) in [5.41, 5.74) is 2.80. The lowest BCUT2D eigenvalue weighted by atomic mass is 10.1. The molecule has 0 aliphatic carbocycles. The molecule has 1 amide bonds. The Morgan fingerprint density at radius 3 is 2.73 bits per heavy atom. The fourth-order valence-corrected chi connectivity index (χ4v) is 2.93. The Kier molecular flexibility index (Phi) is 4.45. The Balaban J connectivity index is 1.45. The number of benzene rings is 2. The number of aromatic nitrogens is 3. The summed E-state index contributed by atoms with van der Waals surface area (Å²) in [5, 5.41) is 10.9. The summed E-state index contributed by atoms with van der Waals surface area (Å²) < 4.78 is 20.6. The third kappa shape index (κ3) is 3.34. The Labute approximate surface area is 149 Å². The van der Waals surface area contributed by atoms with Crippen molar-refractivity contribution in [3.63, 3.8) is 0 Å². The molecular formula is C19H17FN4O2. The molecule has 1 aromatic heterocycles. The number of fused-ring (bicyclic) bond motifs is 1. The van der Waals surface area contributed by atoms with E-state index in [1.807, 2.05) is 30.3 Å². The van der Waals surface area contributed by atoms with Crippen LogP contribution in [-0.2, 0) is 24.4 Å². The average molecular weight is 352 g/mol. The van der Waals surface area contributed by atoms with Crippen molar-refractivity contribution in [2.45, 2.75) is 25.8 Å². The van der Waals surface area contributed by atoms with Crippen LogP contribution in [0.5, 0.6) is 0 Å². The molecule has 1 unspecified atom stereocenters. The lowest BCUT2D eigenvalue weighted by Gasteiger charge is -2.24. The number of amides is 1. The smallest absolute Gasteiger partial charge is 0.274 e. The molecule has 26 heavy (non-hydrogen) atoms. The van der Waals surface area contributed by atoms with Gasteiger partial charge in [0.15, 0.2) is 5.69 Å². The number of hydrogen-bond donors (Lipinski definition) is 1. The molecular weight excluding hydrogens is 335 g/mol. The van der Waals surface area contributed by atoms with Gasteiger partial charge in [-0.2, -0.15) is 0 Å². The first-order valence-electron chi connectivity index (χ1n) is 8.32. The van der Waals surface area contributed by atoms with E-state index in [0.717, 1.165) is 11.1 Å². The van der Waals surface area contributed by atoms with Crippen molar-refractivity contribution in [1.29, 1.82) is 0 Å². The minimum atomic E-state index is -0.289. The number of ether oxygens (including phenoxy) is 1. The molecule has 0 saturated carbocycles. The van der Waals surface area contributed by atoms with Gasteiger partial charge in [-0.3, -0.25) is 4.79 Å². The highest BCUT2D eigenvalue weighted by molar-refractivity contribution is 5.93. The van der Waals surface area contributed by atoms with E-state index in [1.165, 1.54) is 12.1 Å². The van der Waals surface area contributed by atoms with E-state index in [-0.39, 0.29) is 30.1 Å². The first-order chi connectivity index (χ1) is 12.7. The van der Waals surface area contributed by atoms with Crippen LogP contribution in [0.15, 0.2) is 54.6 Å². The first kappa shape index (κ1) is 16.4. The van der Waals surface area contributed by atoms with E-state index in [4.69, 9.17) is 4.74 Å². The minimum absolute atomic E-state index is 0.225. The van der Waals surface area contributed by atoms with E-state index in [0.29, 0.717) is 18.8 Å². The number of rotatable bonds is 4. The van der Waals surface area contributed by atoms with Gasteiger partial charge < -0.3 is 10.1 Å². The molecule has 4 rings (SSSR count). The Morgan fingerprint density at radius 2 is 1.96 bits per heavy atom. The summed E-state index contributed by atoms with van der Waals surface area (Å²) >= 11 is 0. The van der Waals surface area contributed by atoms with Crippen molar-refractivity contribution in [1.82, 2.24) is 20.3 Å². The molecule has 1 N–H and O–H groups in total. The summed E-state index contributed by atoms with van der Waals surface area (Å²) in [4.78, 5) is 12.4. The SMILES string of the molecule is O=C(NCc1ccccc1)c1nnn2c1COC(c1ccc(F)cc1)C2. The molecule has 2 heterocycles. The predicted molar refractivity (Wildman–Crippen MR) is 91.6 cm³/mol. The van der Waals surface area contributed by atoms with Gasteiger partial charge in [-0.05, 0) is 23.3 Å². The highest BCUT2D eigenvalue weighted by Crippen LogP contribution is 2.27. The second kappa shape index (κ2) is 7.05. The number of halogens is 1. The van der Waals surface area contributed by atoms with Crippen LogP contribution in [0.25, 0.3) is 0 Å². The van der Waals surface area contributed by atoms with Crippen molar-refractivity contribution >= 4 is 5.91 Å². The van der Waals surface area contributed by atoms with E-state index < -0.39 is 0 Å². The largest absolute Gasteiger partial charge is 0.365 e. The summed E-state index contributed by atoms with van der Waals surface area (Å²) in [5.74, 6) is -0.567. The lowest BCUT2D eigenvalue weighted by Crippen LogP contribution is -2.27. The molecule has 0 fully saturated rings. The highest BCUT2D eigenvalue weighted by Gasteiger charge is 2.27. The number of carbonyl (C=O) groups excluding carboxylic acids is 1. The van der Waals surface area contributed by atoms with Crippen LogP contribution < -0.4 is 5.32 Å². The van der Waals surface area contributed by atoms with Crippen LogP contribution in [0.1, 0.15) is 33.4 Å². The van der Waals surface area contributed by atoms with Gasteiger partial charge in [0.05, 0.1) is 18.8 Å². The summed E-state index contributed by atoms with van der Waals surface area (Å²) in [6.07, 6.45) is -0.245. The zero-order valence-electron chi connectivity index (χ0n) is 13.9. The lowest BCUT2D eigenvalue weighted by molar-refractivity contribution is -0.00180. The Hall–Kier alpha value is -3.06. The van der Waals surface area contributed by atoms with Crippen molar-refractivity contribution in [2.75, 3.05) is 0 Å². The molecule has 0 radical (unpaired) electrons. The Morgan fingerprint density at radius 1 is 1.19 bits per heavy atom. The van der Waals surface area contributed by atoms with E-state index in [9.17, 15) is 9.18 Å². The second-order valence-electron chi connectivity index (χ2n) is 6.09. The summed E-state index contributed by atoms with van der Waals surface area (Å²) in [6.45, 7) is 1.08. The third-order valence-corrected chi connectivity index (χ3v) is 4.35. The zero-order chi connectivity index (χ0) is 17.9. The maximum absolute atomic E-state index is 13.1. The Bertz CT molecular complexity index is 909. The van der Waals surface area contributed by atoms with Gasteiger partial charge in [0.25, 0.3) is 5.91 Å². The van der Waals surface area contributed by atoms with Crippen molar-refractivity contribution in [3.8, 4) is 0 Å². The zero-order valence-corrected chi connectivity index (χ0v) is 13.9. The monoisotopic (exact) mass is 352 g/mol. The maximum atomic E-state index is 13.1. The fourth-order valence-electron chi connectivity index (χ4n) is 2.93. The molecule has 0 saturated heterocycles. The van der Waals surface area contributed by atoms with Crippen molar-refractivity contribution in [3.05, 3.63) is 82.9 Å². The molecule has 132 valence electrons. The molecule has 1 atom stereocenters. The predicted octanol–water partition coefficient (Wildman–Crippen LogP) is 2.62. The van der Waals surface area contributed by atoms with Gasteiger partial charge in [-0.25, -0.2) is 9.07 Å². The number of carbonyl (C=O) groups is 1. The van der Waals surface area contributed by atoms with Crippen LogP contribution in [0, 0.1) is 5.82 Å². The van der Waals surface area contributed by atoms with Crippen LogP contribution in [0.2, 0.25) is 0 Å². The average Bonchev–Trinajstić information content (AvgIpc) is 3.11. The van der Waals surface area contributed by atoms with Gasteiger partial charge in [-0.1, -0.05) is 47.7 Å². The highest BCUT2D eigenvalue weighted by atomic mass is 19.1. The van der Waals surface area contributed by atoms with Gasteiger partial charge in [0.2, 0.25) is 0 Å². The summed E-state index contributed by atoms with van der Waals surface area (Å²) in [7, 11) is 0. The minimum Gasteiger partial charge on any atom is -0.365 e. The van der Waals surface area contributed by atoms with Crippen LogP contribution in [-0.4, -0.2) is 20.9 Å². The van der Waals surface area contributed by atoms with Crippen LogP contribution >= 0.6 is 0 Å². The van der Waals surface area contributed by atoms with Crippen LogP contribution in [0.3, 0.4) is 0 Å². The molecule has 1 aliphatic rings. The van der Waals surface area contributed by atoms with Gasteiger partial charge in [-0.15, -0.1) is 5.10 Å². The third-order valence-electron chi connectivity index (χ3n) is 4.35. The summed E-state index contributed by atoms with van der Waals surface area (Å²) in [6, 6.07) is 15.8. The number of hydrogen-bond acceptors (Lipinski definition) is 4. The van der Waals surface area contributed by atoms with Crippen molar-refractivity contribution < 1.29 is 13.9 Å². The number of nitrogens with zero attached hydrogens (tertiary/aromatic N) is 3. The standard InChI is InChI=1S/C19H17FN4O2/c20-15-8-6-14(7-9-15)17-11-24-16(12-26-17)18(22-23-24)19(25)21-10-13-4-2-1-3-5-13/h1-9,17H,10-12H2,(H,21,25). The molecule has 6 nitrogen and oxygen atoms in total. The van der Waals surface area contributed by atoms with Crippen molar-refractivity contribution in [2.24, 2.45) is 0 Å². The van der Waals surface area contributed by atoms with E-state index in [1.54, 1.807) is 16.8 Å². The van der Waals surface area contributed by atoms with Gasteiger partial charge >= 0.3 is 0 Å². The maximum Gasteiger partial charge on any atom is 0.274 e.